The number of hydrogen-bond acceptors (Lipinski definition) is 3. The molecule has 0 radical (unpaired) electrons. The van der Waals surface area contributed by atoms with Crippen LogP contribution in [-0.4, -0.2) is 34.3 Å². The number of benzene rings is 3. The standard InChI is InChI=1S/C26H20Cl3FN2O2/c27-21-2-1-3-22(28)26(21)32-24-9-15(11-31-12-16(13-31)14-33)8-20(19(24)6-7-25(32)34)18-5-4-17(30)10-23(18)29/h1-10,16,33H,11-14H2. The van der Waals surface area contributed by atoms with E-state index in [1.165, 1.54) is 22.8 Å². The van der Waals surface area contributed by atoms with Crippen molar-refractivity contribution in [2.75, 3.05) is 19.7 Å². The molecule has 1 N–H and O–H groups in total. The second-order valence-electron chi connectivity index (χ2n) is 8.52. The molecule has 1 aliphatic heterocycles. The largest absolute Gasteiger partial charge is 0.396 e. The van der Waals surface area contributed by atoms with E-state index in [4.69, 9.17) is 34.8 Å². The Balaban J connectivity index is 1.78. The summed E-state index contributed by atoms with van der Waals surface area (Å²) in [5, 5.41) is 11.1. The number of fused-ring (bicyclic) bond motifs is 1. The Morgan fingerprint density at radius 2 is 1.65 bits per heavy atom. The molecule has 34 heavy (non-hydrogen) atoms. The predicted molar refractivity (Wildman–Crippen MR) is 136 cm³/mol. The Kier molecular flexibility index (Phi) is 6.40. The summed E-state index contributed by atoms with van der Waals surface area (Å²) in [5.41, 5.74) is 3.12. The second kappa shape index (κ2) is 9.33. The molecule has 0 aliphatic carbocycles. The number of aliphatic hydroxyl groups excluding tert-OH is 1. The van der Waals surface area contributed by atoms with Crippen LogP contribution >= 0.6 is 34.8 Å². The zero-order valence-electron chi connectivity index (χ0n) is 17.9. The molecule has 0 bridgehead atoms. The summed E-state index contributed by atoms with van der Waals surface area (Å²) in [6.07, 6.45) is 0. The van der Waals surface area contributed by atoms with Crippen molar-refractivity contribution in [1.82, 2.24) is 9.47 Å². The minimum absolute atomic E-state index is 0.162. The quantitative estimate of drug-likeness (QED) is 0.344. The Morgan fingerprint density at radius 1 is 0.912 bits per heavy atom. The van der Waals surface area contributed by atoms with Crippen molar-refractivity contribution >= 4 is 45.7 Å². The van der Waals surface area contributed by atoms with Crippen molar-refractivity contribution in [2.45, 2.75) is 6.54 Å². The van der Waals surface area contributed by atoms with Gasteiger partial charge in [0.15, 0.2) is 0 Å². The zero-order chi connectivity index (χ0) is 24.0. The summed E-state index contributed by atoms with van der Waals surface area (Å²) in [6.45, 7) is 2.37. The van der Waals surface area contributed by atoms with Crippen molar-refractivity contribution in [1.29, 1.82) is 0 Å². The number of pyridine rings is 1. The van der Waals surface area contributed by atoms with Crippen molar-refractivity contribution in [3.8, 4) is 16.8 Å². The lowest BCUT2D eigenvalue weighted by Crippen LogP contribution is -2.47. The molecule has 3 aromatic carbocycles. The number of rotatable bonds is 5. The average molecular weight is 518 g/mol. The molecule has 174 valence electrons. The summed E-state index contributed by atoms with van der Waals surface area (Å²) < 4.78 is 15.3. The van der Waals surface area contributed by atoms with Gasteiger partial charge in [-0.1, -0.05) is 40.9 Å². The lowest BCUT2D eigenvalue weighted by molar-refractivity contribution is 0.0479. The summed E-state index contributed by atoms with van der Waals surface area (Å²) in [4.78, 5) is 15.3. The van der Waals surface area contributed by atoms with Crippen LogP contribution in [0, 0.1) is 11.7 Å². The second-order valence-corrected chi connectivity index (χ2v) is 9.74. The molecule has 4 nitrogen and oxygen atoms in total. The highest BCUT2D eigenvalue weighted by atomic mass is 35.5. The van der Waals surface area contributed by atoms with Gasteiger partial charge in [-0.3, -0.25) is 14.3 Å². The third kappa shape index (κ3) is 4.23. The third-order valence-corrected chi connectivity index (χ3v) is 7.07. The van der Waals surface area contributed by atoms with Gasteiger partial charge in [0.2, 0.25) is 0 Å². The van der Waals surface area contributed by atoms with Crippen LogP contribution in [0.25, 0.3) is 27.7 Å². The molecule has 2 heterocycles. The Labute approximate surface area is 210 Å². The van der Waals surface area contributed by atoms with Gasteiger partial charge in [0, 0.05) is 49.2 Å². The maximum atomic E-state index is 13.8. The van der Waals surface area contributed by atoms with Gasteiger partial charge in [-0.25, -0.2) is 4.39 Å². The van der Waals surface area contributed by atoms with Gasteiger partial charge in [-0.05, 0) is 59.7 Å². The lowest BCUT2D eigenvalue weighted by atomic mass is 9.95. The Morgan fingerprint density at radius 3 is 2.32 bits per heavy atom. The van der Waals surface area contributed by atoms with E-state index in [1.807, 2.05) is 12.1 Å². The average Bonchev–Trinajstić information content (AvgIpc) is 2.77. The smallest absolute Gasteiger partial charge is 0.255 e. The van der Waals surface area contributed by atoms with Crippen molar-refractivity contribution in [2.24, 2.45) is 5.92 Å². The number of nitrogens with zero attached hydrogens (tertiary/aromatic N) is 2. The summed E-state index contributed by atoms with van der Waals surface area (Å²) in [6, 6.07) is 16.5. The summed E-state index contributed by atoms with van der Waals surface area (Å²) in [5.74, 6) is -0.156. The number of aromatic nitrogens is 1. The zero-order valence-corrected chi connectivity index (χ0v) is 20.2. The van der Waals surface area contributed by atoms with Gasteiger partial charge < -0.3 is 5.11 Å². The number of hydrogen-bond donors (Lipinski definition) is 1. The highest BCUT2D eigenvalue weighted by molar-refractivity contribution is 6.38. The van der Waals surface area contributed by atoms with Crippen LogP contribution in [0.5, 0.6) is 0 Å². The number of aliphatic hydroxyl groups is 1. The highest BCUT2D eigenvalue weighted by Gasteiger charge is 2.26. The fourth-order valence-electron chi connectivity index (χ4n) is 4.54. The van der Waals surface area contributed by atoms with Gasteiger partial charge in [0.25, 0.3) is 5.56 Å². The first kappa shape index (κ1) is 23.3. The van der Waals surface area contributed by atoms with Crippen LogP contribution in [-0.2, 0) is 6.54 Å². The minimum atomic E-state index is -0.426. The van der Waals surface area contributed by atoms with Crippen LogP contribution in [0.2, 0.25) is 15.1 Å². The fourth-order valence-corrected chi connectivity index (χ4v) is 5.37. The van der Waals surface area contributed by atoms with Gasteiger partial charge in [0.05, 0.1) is 26.3 Å². The van der Waals surface area contributed by atoms with Crippen LogP contribution in [0.1, 0.15) is 5.56 Å². The highest BCUT2D eigenvalue weighted by Crippen LogP contribution is 2.37. The molecule has 1 aromatic heterocycles. The Hall–Kier alpha value is -2.41. The minimum Gasteiger partial charge on any atom is -0.396 e. The van der Waals surface area contributed by atoms with Crippen molar-refractivity contribution < 1.29 is 9.50 Å². The molecular formula is C26H20Cl3FN2O2. The lowest BCUT2D eigenvalue weighted by Gasteiger charge is -2.38. The van der Waals surface area contributed by atoms with Crippen LogP contribution < -0.4 is 5.56 Å². The molecule has 0 atom stereocenters. The number of likely N-dealkylation sites (tertiary alicyclic amines) is 1. The molecule has 1 fully saturated rings. The summed E-state index contributed by atoms with van der Waals surface area (Å²) in [7, 11) is 0. The molecular weight excluding hydrogens is 498 g/mol. The molecule has 0 spiro atoms. The van der Waals surface area contributed by atoms with E-state index in [1.54, 1.807) is 30.3 Å². The van der Waals surface area contributed by atoms with E-state index in [2.05, 4.69) is 4.90 Å². The monoisotopic (exact) mass is 516 g/mol. The Bertz CT molecular complexity index is 1440. The van der Waals surface area contributed by atoms with Crippen LogP contribution in [0.15, 0.2) is 65.5 Å². The molecule has 4 aromatic rings. The predicted octanol–water partition coefficient (Wildman–Crippen LogP) is 6.18. The van der Waals surface area contributed by atoms with E-state index in [-0.39, 0.29) is 23.1 Å². The number of para-hydroxylation sites is 1. The maximum Gasteiger partial charge on any atom is 0.255 e. The first-order chi connectivity index (χ1) is 16.4. The van der Waals surface area contributed by atoms with E-state index in [0.717, 1.165) is 29.6 Å². The first-order valence-electron chi connectivity index (χ1n) is 10.8. The van der Waals surface area contributed by atoms with E-state index in [9.17, 15) is 14.3 Å². The van der Waals surface area contributed by atoms with Gasteiger partial charge in [-0.15, -0.1) is 0 Å². The molecule has 8 heteroatoms. The van der Waals surface area contributed by atoms with Gasteiger partial charge in [0.1, 0.15) is 5.82 Å². The topological polar surface area (TPSA) is 45.5 Å². The normalized spacial score (nSPS) is 14.5. The van der Waals surface area contributed by atoms with E-state index >= 15 is 0 Å². The maximum absolute atomic E-state index is 13.8. The summed E-state index contributed by atoms with van der Waals surface area (Å²) >= 11 is 19.4. The van der Waals surface area contributed by atoms with Crippen molar-refractivity contribution in [3.05, 3.63) is 97.5 Å². The molecule has 0 saturated carbocycles. The van der Waals surface area contributed by atoms with Gasteiger partial charge in [-0.2, -0.15) is 0 Å². The van der Waals surface area contributed by atoms with Crippen molar-refractivity contribution in [3.63, 3.8) is 0 Å². The van der Waals surface area contributed by atoms with E-state index in [0.29, 0.717) is 33.4 Å². The van der Waals surface area contributed by atoms with Crippen LogP contribution in [0.3, 0.4) is 0 Å². The first-order valence-corrected chi connectivity index (χ1v) is 11.9. The molecule has 0 unspecified atom stereocenters. The third-order valence-electron chi connectivity index (χ3n) is 6.15. The van der Waals surface area contributed by atoms with E-state index < -0.39 is 5.82 Å². The SMILES string of the molecule is O=c1ccc2c(-c3ccc(F)cc3Cl)cc(CN3CC(CO)C3)cc2n1-c1c(Cl)cccc1Cl. The number of halogens is 4. The molecule has 5 rings (SSSR count). The fraction of sp³-hybridized carbons (Fsp3) is 0.192. The molecule has 0 amide bonds. The molecule has 1 saturated heterocycles. The van der Waals surface area contributed by atoms with Crippen LogP contribution in [0.4, 0.5) is 4.39 Å². The van der Waals surface area contributed by atoms with Gasteiger partial charge >= 0.3 is 0 Å². The molecule has 1 aliphatic rings.